The lowest BCUT2D eigenvalue weighted by Crippen LogP contribution is -2.45. The molecule has 0 saturated carbocycles. The summed E-state index contributed by atoms with van der Waals surface area (Å²) in [5, 5.41) is 4.72. The predicted octanol–water partition coefficient (Wildman–Crippen LogP) is 1.88. The van der Waals surface area contributed by atoms with Crippen LogP contribution >= 0.6 is 23.7 Å². The number of thiophene rings is 1. The Bertz CT molecular complexity index is 426. The summed E-state index contributed by atoms with van der Waals surface area (Å²) in [6.07, 6.45) is 2.98. The van der Waals surface area contributed by atoms with Crippen molar-refractivity contribution in [3.8, 4) is 0 Å². The van der Waals surface area contributed by atoms with Crippen molar-refractivity contribution in [1.29, 1.82) is 0 Å². The number of halogens is 1. The van der Waals surface area contributed by atoms with Crippen LogP contribution in [0.2, 0.25) is 0 Å². The maximum Gasteiger partial charge on any atom is 0.264 e. The van der Waals surface area contributed by atoms with Crippen LogP contribution < -0.4 is 11.1 Å². The Morgan fingerprint density at radius 3 is 2.71 bits per heavy atom. The third-order valence-corrected chi connectivity index (χ3v) is 3.87. The maximum absolute atomic E-state index is 12.0. The van der Waals surface area contributed by atoms with E-state index in [2.05, 4.69) is 12.2 Å². The Balaban J connectivity index is 0.00000400. The predicted molar refractivity (Wildman–Crippen MR) is 89.0 cm³/mol. The first-order valence-corrected chi connectivity index (χ1v) is 7.74. The summed E-state index contributed by atoms with van der Waals surface area (Å²) in [7, 11) is 1.63. The van der Waals surface area contributed by atoms with Gasteiger partial charge in [0.15, 0.2) is 0 Å². The van der Waals surface area contributed by atoms with Gasteiger partial charge in [-0.15, -0.1) is 23.7 Å². The number of unbranched alkanes of at least 4 members (excludes halogenated alkanes) is 1. The van der Waals surface area contributed by atoms with Crippen molar-refractivity contribution in [3.63, 3.8) is 0 Å². The van der Waals surface area contributed by atoms with Crippen molar-refractivity contribution < 1.29 is 9.59 Å². The number of rotatable bonds is 8. The third-order valence-electron chi connectivity index (χ3n) is 3.02. The zero-order valence-electron chi connectivity index (χ0n) is 12.5. The molecule has 0 saturated heterocycles. The Morgan fingerprint density at radius 1 is 1.48 bits per heavy atom. The van der Waals surface area contributed by atoms with Crippen molar-refractivity contribution in [1.82, 2.24) is 10.2 Å². The minimum absolute atomic E-state index is 0. The van der Waals surface area contributed by atoms with Crippen molar-refractivity contribution >= 4 is 35.6 Å². The third kappa shape index (κ3) is 6.93. The first kappa shape index (κ1) is 19.9. The quantitative estimate of drug-likeness (QED) is 0.762. The van der Waals surface area contributed by atoms with Crippen molar-refractivity contribution in [3.05, 3.63) is 22.4 Å². The first-order valence-electron chi connectivity index (χ1n) is 6.86. The molecule has 0 bridgehead atoms. The van der Waals surface area contributed by atoms with E-state index in [4.69, 9.17) is 5.73 Å². The Morgan fingerprint density at radius 2 is 2.19 bits per heavy atom. The van der Waals surface area contributed by atoms with Crippen LogP contribution in [0.5, 0.6) is 0 Å². The van der Waals surface area contributed by atoms with Gasteiger partial charge in [-0.3, -0.25) is 9.59 Å². The van der Waals surface area contributed by atoms with Gasteiger partial charge in [-0.25, -0.2) is 0 Å². The zero-order valence-corrected chi connectivity index (χ0v) is 14.1. The molecule has 0 aliphatic rings. The van der Waals surface area contributed by atoms with Crippen LogP contribution in [0.25, 0.3) is 0 Å². The smallest absolute Gasteiger partial charge is 0.264 e. The Hall–Kier alpha value is -1.11. The molecule has 0 fully saturated rings. The first-order chi connectivity index (χ1) is 9.58. The molecule has 7 heteroatoms. The average molecular weight is 334 g/mol. The van der Waals surface area contributed by atoms with Gasteiger partial charge in [0.25, 0.3) is 5.91 Å². The highest BCUT2D eigenvalue weighted by atomic mass is 35.5. The summed E-state index contributed by atoms with van der Waals surface area (Å²) in [5.74, 6) is -0.294. The molecule has 0 aliphatic heterocycles. The summed E-state index contributed by atoms with van der Waals surface area (Å²) in [5.41, 5.74) is 5.64. The van der Waals surface area contributed by atoms with Gasteiger partial charge >= 0.3 is 0 Å². The number of nitrogens with one attached hydrogen (secondary N) is 1. The van der Waals surface area contributed by atoms with E-state index >= 15 is 0 Å². The number of likely N-dealkylation sites (N-methyl/N-ethyl adjacent to an activating group) is 1. The second-order valence-electron chi connectivity index (χ2n) is 4.78. The van der Waals surface area contributed by atoms with Crippen LogP contribution in [0.15, 0.2) is 17.5 Å². The van der Waals surface area contributed by atoms with Gasteiger partial charge in [-0.2, -0.15) is 0 Å². The molecular weight excluding hydrogens is 310 g/mol. The van der Waals surface area contributed by atoms with E-state index in [0.717, 1.165) is 19.3 Å². The number of hydrogen-bond acceptors (Lipinski definition) is 4. The summed E-state index contributed by atoms with van der Waals surface area (Å²) < 4.78 is 0. The van der Waals surface area contributed by atoms with E-state index in [0.29, 0.717) is 11.4 Å². The van der Waals surface area contributed by atoms with Gasteiger partial charge in [-0.1, -0.05) is 25.8 Å². The summed E-state index contributed by atoms with van der Waals surface area (Å²) in [6, 6.07) is 3.57. The standard InChI is InChI=1S/C14H23N3O2S.ClH/c1-3-4-6-11(9-15)16-13(18)10-17(2)14(19)12-7-5-8-20-12;/h5,7-8,11H,3-4,6,9-10,15H2,1-2H3,(H,16,18);1H. The number of carbonyl (C=O) groups is 2. The lowest BCUT2D eigenvalue weighted by atomic mass is 10.1. The van der Waals surface area contributed by atoms with E-state index in [9.17, 15) is 9.59 Å². The fraction of sp³-hybridized carbons (Fsp3) is 0.571. The highest BCUT2D eigenvalue weighted by Crippen LogP contribution is 2.10. The van der Waals surface area contributed by atoms with E-state index in [1.165, 1.54) is 16.2 Å². The topological polar surface area (TPSA) is 75.4 Å². The molecule has 1 unspecified atom stereocenters. The summed E-state index contributed by atoms with van der Waals surface area (Å²) in [4.78, 5) is 26.0. The van der Waals surface area contributed by atoms with Crippen LogP contribution in [0.1, 0.15) is 35.9 Å². The SMILES string of the molecule is CCCCC(CN)NC(=O)CN(C)C(=O)c1cccs1.Cl. The van der Waals surface area contributed by atoms with Crippen molar-refractivity contribution in [2.24, 2.45) is 5.73 Å². The molecule has 0 radical (unpaired) electrons. The van der Waals surface area contributed by atoms with Crippen molar-refractivity contribution in [2.75, 3.05) is 20.1 Å². The highest BCUT2D eigenvalue weighted by Gasteiger charge is 2.17. The molecule has 120 valence electrons. The minimum atomic E-state index is -0.163. The van der Waals surface area contributed by atoms with E-state index in [-0.39, 0.29) is 36.8 Å². The van der Waals surface area contributed by atoms with Crippen LogP contribution in [-0.4, -0.2) is 42.9 Å². The van der Waals surface area contributed by atoms with Gasteiger partial charge in [0.1, 0.15) is 0 Å². The molecule has 0 aromatic carbocycles. The fourth-order valence-corrected chi connectivity index (χ4v) is 2.57. The summed E-state index contributed by atoms with van der Waals surface area (Å²) >= 11 is 1.37. The van der Waals surface area contributed by atoms with Gasteiger partial charge in [0, 0.05) is 19.6 Å². The Labute approximate surface area is 136 Å². The fourth-order valence-electron chi connectivity index (χ4n) is 1.85. The number of nitrogens with zero attached hydrogens (tertiary/aromatic N) is 1. The molecule has 1 heterocycles. The molecular formula is C14H24ClN3O2S. The largest absolute Gasteiger partial charge is 0.351 e. The van der Waals surface area contributed by atoms with Crippen LogP contribution in [0.3, 0.4) is 0 Å². The maximum atomic E-state index is 12.0. The Kier molecular flexibility index (Phi) is 10.0. The van der Waals surface area contributed by atoms with E-state index < -0.39 is 0 Å². The molecule has 1 aromatic rings. The van der Waals surface area contributed by atoms with Gasteiger partial charge < -0.3 is 16.0 Å². The second-order valence-corrected chi connectivity index (χ2v) is 5.73. The monoisotopic (exact) mass is 333 g/mol. The zero-order chi connectivity index (χ0) is 15.0. The normalized spacial score (nSPS) is 11.4. The molecule has 21 heavy (non-hydrogen) atoms. The van der Waals surface area contributed by atoms with Gasteiger partial charge in [-0.05, 0) is 17.9 Å². The van der Waals surface area contributed by atoms with Crippen LogP contribution in [0.4, 0.5) is 0 Å². The molecule has 1 rings (SSSR count). The van der Waals surface area contributed by atoms with E-state index in [1.807, 2.05) is 11.4 Å². The molecule has 1 atom stereocenters. The van der Waals surface area contributed by atoms with Crippen molar-refractivity contribution in [2.45, 2.75) is 32.2 Å². The minimum Gasteiger partial charge on any atom is -0.351 e. The molecule has 5 nitrogen and oxygen atoms in total. The number of carbonyl (C=O) groups excluding carboxylic acids is 2. The molecule has 0 aliphatic carbocycles. The molecule has 3 N–H and O–H groups in total. The molecule has 0 spiro atoms. The summed E-state index contributed by atoms with van der Waals surface area (Å²) in [6.45, 7) is 2.58. The average Bonchev–Trinajstić information content (AvgIpc) is 2.96. The van der Waals surface area contributed by atoms with Crippen LogP contribution in [0, 0.1) is 0 Å². The second kappa shape index (κ2) is 10.6. The van der Waals surface area contributed by atoms with E-state index in [1.54, 1.807) is 13.1 Å². The number of nitrogens with two attached hydrogens (primary N) is 1. The molecule has 2 amide bonds. The lowest BCUT2D eigenvalue weighted by Gasteiger charge is -2.20. The van der Waals surface area contributed by atoms with Crippen LogP contribution in [-0.2, 0) is 4.79 Å². The van der Waals surface area contributed by atoms with Gasteiger partial charge in [0.05, 0.1) is 11.4 Å². The molecule has 1 aromatic heterocycles. The lowest BCUT2D eigenvalue weighted by molar-refractivity contribution is -0.122. The number of amides is 2. The van der Waals surface area contributed by atoms with Gasteiger partial charge in [0.2, 0.25) is 5.91 Å². The number of hydrogen-bond donors (Lipinski definition) is 2. The highest BCUT2D eigenvalue weighted by molar-refractivity contribution is 7.12.